The van der Waals surface area contributed by atoms with Crippen molar-refractivity contribution in [3.8, 4) is 0 Å². The van der Waals surface area contributed by atoms with Crippen molar-refractivity contribution in [3.63, 3.8) is 0 Å². The summed E-state index contributed by atoms with van der Waals surface area (Å²) in [4.78, 5) is 14.5. The molecule has 1 saturated carbocycles. The number of hydrogen-bond acceptors (Lipinski definition) is 2. The molecule has 2 aliphatic rings. The minimum atomic E-state index is 0.0826. The first-order valence-corrected chi connectivity index (χ1v) is 8.28. The van der Waals surface area contributed by atoms with Crippen molar-refractivity contribution >= 4 is 5.91 Å². The van der Waals surface area contributed by atoms with Crippen molar-refractivity contribution in [1.29, 1.82) is 0 Å². The first-order chi connectivity index (χ1) is 10.3. The number of carbonyl (C=O) groups is 1. The molecule has 1 aliphatic carbocycles. The lowest BCUT2D eigenvalue weighted by Crippen LogP contribution is -2.45. The van der Waals surface area contributed by atoms with Crippen LogP contribution in [0.3, 0.4) is 0 Å². The second kappa shape index (κ2) is 6.61. The van der Waals surface area contributed by atoms with E-state index in [1.54, 1.807) is 0 Å². The Hall–Kier alpha value is -1.35. The van der Waals surface area contributed by atoms with E-state index in [9.17, 15) is 4.79 Å². The van der Waals surface area contributed by atoms with Gasteiger partial charge in [-0.05, 0) is 49.6 Å². The monoisotopic (exact) mass is 286 g/mol. The number of aryl methyl sites for hydroxylation is 1. The minimum Gasteiger partial charge on any atom is -0.344 e. The van der Waals surface area contributed by atoms with E-state index in [1.807, 2.05) is 18.0 Å². The molecule has 0 spiro atoms. The van der Waals surface area contributed by atoms with Crippen LogP contribution < -0.4 is 5.32 Å². The molecule has 1 aromatic rings. The number of amides is 1. The van der Waals surface area contributed by atoms with Crippen molar-refractivity contribution in [2.24, 2.45) is 11.8 Å². The minimum absolute atomic E-state index is 0.0826. The van der Waals surface area contributed by atoms with Crippen LogP contribution in [0.4, 0.5) is 0 Å². The Balaban J connectivity index is 1.46. The summed E-state index contributed by atoms with van der Waals surface area (Å²) in [5, 5.41) is 3.46. The van der Waals surface area contributed by atoms with E-state index in [4.69, 9.17) is 0 Å². The number of likely N-dealkylation sites (N-methyl/N-ethyl adjacent to an activating group) is 1. The summed E-state index contributed by atoms with van der Waals surface area (Å²) in [6.45, 7) is 1.89. The lowest BCUT2D eigenvalue weighted by Gasteiger charge is -2.24. The molecular formula is C18H26N2O. The number of rotatable bonds is 5. The highest BCUT2D eigenvalue weighted by atomic mass is 16.2. The van der Waals surface area contributed by atoms with Gasteiger partial charge in [0.15, 0.2) is 0 Å². The van der Waals surface area contributed by atoms with Crippen LogP contribution >= 0.6 is 0 Å². The van der Waals surface area contributed by atoms with Crippen molar-refractivity contribution in [3.05, 3.63) is 35.9 Å². The highest BCUT2D eigenvalue weighted by molar-refractivity contribution is 5.82. The van der Waals surface area contributed by atoms with E-state index in [-0.39, 0.29) is 6.04 Å². The third-order valence-electron chi connectivity index (χ3n) is 5.19. The van der Waals surface area contributed by atoms with Gasteiger partial charge >= 0.3 is 0 Å². The molecule has 1 N–H and O–H groups in total. The van der Waals surface area contributed by atoms with Crippen LogP contribution in [0.2, 0.25) is 0 Å². The fourth-order valence-corrected chi connectivity index (χ4v) is 3.97. The van der Waals surface area contributed by atoms with E-state index in [0.29, 0.717) is 11.8 Å². The van der Waals surface area contributed by atoms with Gasteiger partial charge in [-0.2, -0.15) is 0 Å². The Morgan fingerprint density at radius 3 is 2.90 bits per heavy atom. The maximum Gasteiger partial charge on any atom is 0.239 e. The molecule has 0 aromatic heterocycles. The third kappa shape index (κ3) is 3.29. The Morgan fingerprint density at radius 2 is 2.10 bits per heavy atom. The Bertz CT molecular complexity index is 473. The van der Waals surface area contributed by atoms with Crippen LogP contribution in [0.5, 0.6) is 0 Å². The van der Waals surface area contributed by atoms with Gasteiger partial charge in [0, 0.05) is 13.6 Å². The molecule has 114 valence electrons. The van der Waals surface area contributed by atoms with Crippen molar-refractivity contribution in [2.45, 2.75) is 38.1 Å². The third-order valence-corrected chi connectivity index (χ3v) is 5.19. The molecule has 0 bridgehead atoms. The molecule has 2 fully saturated rings. The molecular weight excluding hydrogens is 260 g/mol. The van der Waals surface area contributed by atoms with Crippen LogP contribution in [0.25, 0.3) is 0 Å². The predicted octanol–water partition coefficient (Wildman–Crippen LogP) is 2.47. The maximum absolute atomic E-state index is 12.6. The first-order valence-electron chi connectivity index (χ1n) is 8.28. The zero-order chi connectivity index (χ0) is 14.7. The van der Waals surface area contributed by atoms with Gasteiger partial charge in [-0.15, -0.1) is 0 Å². The van der Waals surface area contributed by atoms with Crippen molar-refractivity contribution in [1.82, 2.24) is 10.2 Å². The van der Waals surface area contributed by atoms with Gasteiger partial charge in [-0.1, -0.05) is 36.8 Å². The number of benzene rings is 1. The van der Waals surface area contributed by atoms with Gasteiger partial charge < -0.3 is 10.2 Å². The molecule has 3 heteroatoms. The summed E-state index contributed by atoms with van der Waals surface area (Å²) >= 11 is 0. The SMILES string of the molecule is CN(CCCc1ccccc1)C(=O)C1NCC2CCCC21. The average molecular weight is 286 g/mol. The molecule has 3 nitrogen and oxygen atoms in total. The van der Waals surface area contributed by atoms with Crippen LogP contribution in [0.15, 0.2) is 30.3 Å². The van der Waals surface area contributed by atoms with Gasteiger partial charge in [-0.25, -0.2) is 0 Å². The van der Waals surface area contributed by atoms with E-state index in [0.717, 1.165) is 31.8 Å². The predicted molar refractivity (Wildman–Crippen MR) is 85.0 cm³/mol. The maximum atomic E-state index is 12.6. The van der Waals surface area contributed by atoms with Crippen LogP contribution in [0, 0.1) is 11.8 Å². The zero-order valence-electron chi connectivity index (χ0n) is 12.9. The Labute approximate surface area is 127 Å². The largest absolute Gasteiger partial charge is 0.344 e. The lowest BCUT2D eigenvalue weighted by atomic mass is 9.93. The smallest absolute Gasteiger partial charge is 0.239 e. The van der Waals surface area contributed by atoms with Crippen molar-refractivity contribution in [2.75, 3.05) is 20.1 Å². The number of hydrogen-bond donors (Lipinski definition) is 1. The highest BCUT2D eigenvalue weighted by Crippen LogP contribution is 2.38. The van der Waals surface area contributed by atoms with E-state index >= 15 is 0 Å². The average Bonchev–Trinajstić information content (AvgIpc) is 3.10. The number of carbonyl (C=O) groups excluding carboxylic acids is 1. The second-order valence-corrected chi connectivity index (χ2v) is 6.59. The molecule has 1 amide bonds. The summed E-state index contributed by atoms with van der Waals surface area (Å²) in [7, 11) is 1.96. The van der Waals surface area contributed by atoms with Gasteiger partial charge in [0.1, 0.15) is 0 Å². The van der Waals surface area contributed by atoms with Gasteiger partial charge in [-0.3, -0.25) is 4.79 Å². The van der Waals surface area contributed by atoms with Gasteiger partial charge in [0.05, 0.1) is 6.04 Å². The number of nitrogens with zero attached hydrogens (tertiary/aromatic N) is 1. The van der Waals surface area contributed by atoms with E-state index in [1.165, 1.54) is 24.8 Å². The first kappa shape index (κ1) is 14.6. The Morgan fingerprint density at radius 1 is 1.29 bits per heavy atom. The van der Waals surface area contributed by atoms with Gasteiger partial charge in [0.25, 0.3) is 0 Å². The molecule has 1 saturated heterocycles. The fourth-order valence-electron chi connectivity index (χ4n) is 3.97. The molecule has 3 rings (SSSR count). The molecule has 1 aromatic carbocycles. The zero-order valence-corrected chi connectivity index (χ0v) is 12.9. The van der Waals surface area contributed by atoms with E-state index < -0.39 is 0 Å². The van der Waals surface area contributed by atoms with Crippen LogP contribution in [0.1, 0.15) is 31.2 Å². The molecule has 0 radical (unpaired) electrons. The highest BCUT2D eigenvalue weighted by Gasteiger charge is 2.43. The normalized spacial score (nSPS) is 27.6. The standard InChI is InChI=1S/C18H26N2O/c1-20(12-6-9-14-7-3-2-4-8-14)18(21)17-16-11-5-10-15(16)13-19-17/h2-4,7-8,15-17,19H,5-6,9-13H2,1H3. The molecule has 21 heavy (non-hydrogen) atoms. The summed E-state index contributed by atoms with van der Waals surface area (Å²) < 4.78 is 0. The summed E-state index contributed by atoms with van der Waals surface area (Å²) in [5.41, 5.74) is 1.35. The fraction of sp³-hybridized carbons (Fsp3) is 0.611. The van der Waals surface area contributed by atoms with Gasteiger partial charge in [0.2, 0.25) is 5.91 Å². The molecule has 3 unspecified atom stereocenters. The molecule has 1 aliphatic heterocycles. The second-order valence-electron chi connectivity index (χ2n) is 6.59. The molecule has 3 atom stereocenters. The molecule has 1 heterocycles. The topological polar surface area (TPSA) is 32.3 Å². The summed E-state index contributed by atoms with van der Waals surface area (Å²) in [6, 6.07) is 10.6. The quantitative estimate of drug-likeness (QED) is 0.902. The number of fused-ring (bicyclic) bond motifs is 1. The Kier molecular flexibility index (Phi) is 4.59. The van der Waals surface area contributed by atoms with Crippen LogP contribution in [-0.4, -0.2) is 37.0 Å². The van der Waals surface area contributed by atoms with Crippen molar-refractivity contribution < 1.29 is 4.79 Å². The summed E-state index contributed by atoms with van der Waals surface area (Å²) in [6.07, 6.45) is 5.92. The van der Waals surface area contributed by atoms with E-state index in [2.05, 4.69) is 29.6 Å². The lowest BCUT2D eigenvalue weighted by molar-refractivity contribution is -0.132. The summed E-state index contributed by atoms with van der Waals surface area (Å²) in [5.74, 6) is 1.64. The van der Waals surface area contributed by atoms with Crippen LogP contribution in [-0.2, 0) is 11.2 Å². The number of nitrogens with one attached hydrogen (secondary N) is 1.